The van der Waals surface area contributed by atoms with Gasteiger partial charge in [-0.2, -0.15) is 0 Å². The van der Waals surface area contributed by atoms with Crippen molar-refractivity contribution in [3.05, 3.63) is 65.5 Å². The van der Waals surface area contributed by atoms with Crippen LogP contribution in [0.3, 0.4) is 0 Å². The molecule has 1 nitrogen and oxygen atoms in total. The molecule has 2 aromatic rings. The topological polar surface area (TPSA) is 12.0 Å². The lowest BCUT2D eigenvalue weighted by Gasteiger charge is -2.07. The minimum absolute atomic E-state index is 0.214. The average Bonchev–Trinajstić information content (AvgIpc) is 2.27. The summed E-state index contributed by atoms with van der Waals surface area (Å²) in [6, 6.07) is 14.8. The fourth-order valence-electron chi connectivity index (χ4n) is 1.62. The fourth-order valence-corrected chi connectivity index (χ4v) is 1.62. The van der Waals surface area contributed by atoms with Crippen molar-refractivity contribution < 1.29 is 4.39 Å². The molecule has 0 heterocycles. The van der Waals surface area contributed by atoms with Crippen LogP contribution in [0.4, 0.5) is 10.1 Å². The number of rotatable bonds is 3. The SMILES string of the molecule is Cc1cccc(CNc2cccc(F)c2)c1. The number of nitrogens with one attached hydrogen (secondary N) is 1. The summed E-state index contributed by atoms with van der Waals surface area (Å²) in [7, 11) is 0. The van der Waals surface area contributed by atoms with Crippen LogP contribution in [0.1, 0.15) is 11.1 Å². The fraction of sp³-hybridized carbons (Fsp3) is 0.143. The van der Waals surface area contributed by atoms with E-state index in [9.17, 15) is 4.39 Å². The molecule has 0 aliphatic carbocycles. The van der Waals surface area contributed by atoms with Gasteiger partial charge in [0, 0.05) is 12.2 Å². The van der Waals surface area contributed by atoms with Crippen LogP contribution in [-0.4, -0.2) is 0 Å². The minimum atomic E-state index is -0.214. The minimum Gasteiger partial charge on any atom is -0.381 e. The van der Waals surface area contributed by atoms with Crippen LogP contribution in [0.25, 0.3) is 0 Å². The smallest absolute Gasteiger partial charge is 0.125 e. The van der Waals surface area contributed by atoms with Crippen LogP contribution in [-0.2, 0) is 6.54 Å². The number of benzene rings is 2. The van der Waals surface area contributed by atoms with Gasteiger partial charge in [0.25, 0.3) is 0 Å². The van der Waals surface area contributed by atoms with E-state index in [0.29, 0.717) is 6.54 Å². The molecule has 0 aliphatic rings. The standard InChI is InChI=1S/C14H14FN/c1-11-4-2-5-12(8-11)10-16-14-7-3-6-13(15)9-14/h2-9,16H,10H2,1H3. The molecule has 2 rings (SSSR count). The highest BCUT2D eigenvalue weighted by Gasteiger charge is 1.95. The molecule has 82 valence electrons. The Hall–Kier alpha value is -1.83. The molecule has 0 aliphatic heterocycles. The summed E-state index contributed by atoms with van der Waals surface area (Å²) in [5.41, 5.74) is 3.24. The highest BCUT2D eigenvalue weighted by atomic mass is 19.1. The Balaban J connectivity index is 2.02. The number of hydrogen-bond acceptors (Lipinski definition) is 1. The van der Waals surface area contributed by atoms with E-state index < -0.39 is 0 Å². The Morgan fingerprint density at radius 2 is 1.88 bits per heavy atom. The third kappa shape index (κ3) is 2.83. The molecule has 0 saturated heterocycles. The molecule has 0 fully saturated rings. The van der Waals surface area contributed by atoms with Crippen LogP contribution >= 0.6 is 0 Å². The van der Waals surface area contributed by atoms with Crippen LogP contribution in [0.5, 0.6) is 0 Å². The van der Waals surface area contributed by atoms with E-state index in [1.54, 1.807) is 6.07 Å². The number of anilines is 1. The van der Waals surface area contributed by atoms with Gasteiger partial charge in [-0.3, -0.25) is 0 Å². The van der Waals surface area contributed by atoms with E-state index >= 15 is 0 Å². The van der Waals surface area contributed by atoms with E-state index in [1.165, 1.54) is 23.3 Å². The molecule has 0 amide bonds. The van der Waals surface area contributed by atoms with Crippen molar-refractivity contribution >= 4 is 5.69 Å². The van der Waals surface area contributed by atoms with Crippen LogP contribution in [0.2, 0.25) is 0 Å². The van der Waals surface area contributed by atoms with Gasteiger partial charge in [0.15, 0.2) is 0 Å². The summed E-state index contributed by atoms with van der Waals surface area (Å²) in [5, 5.41) is 3.19. The Bertz CT molecular complexity index is 434. The van der Waals surface area contributed by atoms with Gasteiger partial charge in [0.05, 0.1) is 0 Å². The third-order valence-corrected chi connectivity index (χ3v) is 2.40. The second kappa shape index (κ2) is 4.79. The second-order valence-corrected chi connectivity index (χ2v) is 3.85. The third-order valence-electron chi connectivity index (χ3n) is 2.40. The summed E-state index contributed by atoms with van der Waals surface area (Å²) in [6.07, 6.45) is 0. The molecular weight excluding hydrogens is 201 g/mol. The number of hydrogen-bond donors (Lipinski definition) is 1. The molecule has 0 unspecified atom stereocenters. The number of halogens is 1. The Morgan fingerprint density at radius 1 is 1.06 bits per heavy atom. The first kappa shape index (κ1) is 10.7. The maximum atomic E-state index is 12.9. The first-order chi connectivity index (χ1) is 7.74. The van der Waals surface area contributed by atoms with Crippen molar-refractivity contribution in [1.82, 2.24) is 0 Å². The lowest BCUT2D eigenvalue weighted by molar-refractivity contribution is 0.628. The number of aryl methyl sites for hydroxylation is 1. The normalized spacial score (nSPS) is 10.1. The van der Waals surface area contributed by atoms with E-state index in [2.05, 4.69) is 30.4 Å². The van der Waals surface area contributed by atoms with Crippen molar-refractivity contribution in [3.8, 4) is 0 Å². The van der Waals surface area contributed by atoms with Crippen molar-refractivity contribution in [3.63, 3.8) is 0 Å². The predicted molar refractivity (Wildman–Crippen MR) is 64.9 cm³/mol. The second-order valence-electron chi connectivity index (χ2n) is 3.85. The Labute approximate surface area is 94.9 Å². The van der Waals surface area contributed by atoms with Gasteiger partial charge < -0.3 is 5.32 Å². The van der Waals surface area contributed by atoms with Crippen molar-refractivity contribution in [2.45, 2.75) is 13.5 Å². The van der Waals surface area contributed by atoms with Gasteiger partial charge >= 0.3 is 0 Å². The summed E-state index contributed by atoms with van der Waals surface area (Å²) < 4.78 is 12.9. The van der Waals surface area contributed by atoms with Gasteiger partial charge in [-0.1, -0.05) is 35.9 Å². The molecule has 0 saturated carbocycles. The van der Waals surface area contributed by atoms with E-state index in [0.717, 1.165) is 5.69 Å². The van der Waals surface area contributed by atoms with Gasteiger partial charge in [-0.05, 0) is 30.7 Å². The Morgan fingerprint density at radius 3 is 2.62 bits per heavy atom. The van der Waals surface area contributed by atoms with Crippen LogP contribution in [0.15, 0.2) is 48.5 Å². The summed E-state index contributed by atoms with van der Waals surface area (Å²) in [5.74, 6) is -0.214. The molecule has 2 heteroatoms. The molecule has 0 atom stereocenters. The lowest BCUT2D eigenvalue weighted by Crippen LogP contribution is -1.99. The predicted octanol–water partition coefficient (Wildman–Crippen LogP) is 3.75. The molecule has 0 radical (unpaired) electrons. The van der Waals surface area contributed by atoms with Gasteiger partial charge in [-0.15, -0.1) is 0 Å². The maximum Gasteiger partial charge on any atom is 0.125 e. The summed E-state index contributed by atoms with van der Waals surface area (Å²) in [6.45, 7) is 2.77. The first-order valence-corrected chi connectivity index (χ1v) is 5.29. The molecule has 0 bridgehead atoms. The van der Waals surface area contributed by atoms with E-state index in [4.69, 9.17) is 0 Å². The monoisotopic (exact) mass is 215 g/mol. The van der Waals surface area contributed by atoms with Gasteiger partial charge in [0.2, 0.25) is 0 Å². The van der Waals surface area contributed by atoms with Crippen molar-refractivity contribution in [1.29, 1.82) is 0 Å². The maximum absolute atomic E-state index is 12.9. The lowest BCUT2D eigenvalue weighted by atomic mass is 10.1. The largest absolute Gasteiger partial charge is 0.381 e. The summed E-state index contributed by atoms with van der Waals surface area (Å²) >= 11 is 0. The van der Waals surface area contributed by atoms with Gasteiger partial charge in [0.1, 0.15) is 5.82 Å². The quantitative estimate of drug-likeness (QED) is 0.822. The van der Waals surface area contributed by atoms with Crippen molar-refractivity contribution in [2.75, 3.05) is 5.32 Å². The Kier molecular flexibility index (Phi) is 3.20. The highest BCUT2D eigenvalue weighted by Crippen LogP contribution is 2.11. The molecule has 16 heavy (non-hydrogen) atoms. The van der Waals surface area contributed by atoms with E-state index in [1.807, 2.05) is 12.1 Å². The van der Waals surface area contributed by atoms with Crippen LogP contribution in [0, 0.1) is 12.7 Å². The summed E-state index contributed by atoms with van der Waals surface area (Å²) in [4.78, 5) is 0. The zero-order valence-electron chi connectivity index (χ0n) is 9.20. The first-order valence-electron chi connectivity index (χ1n) is 5.29. The average molecular weight is 215 g/mol. The highest BCUT2D eigenvalue weighted by molar-refractivity contribution is 5.43. The van der Waals surface area contributed by atoms with Crippen molar-refractivity contribution in [2.24, 2.45) is 0 Å². The molecule has 0 spiro atoms. The zero-order valence-corrected chi connectivity index (χ0v) is 9.20. The van der Waals surface area contributed by atoms with Crippen LogP contribution < -0.4 is 5.32 Å². The molecule has 2 aromatic carbocycles. The van der Waals surface area contributed by atoms with E-state index in [-0.39, 0.29) is 5.82 Å². The van der Waals surface area contributed by atoms with Gasteiger partial charge in [-0.25, -0.2) is 4.39 Å². The molecular formula is C14H14FN. The molecule has 1 N–H and O–H groups in total. The molecule has 0 aromatic heterocycles. The zero-order chi connectivity index (χ0) is 11.4.